The summed E-state index contributed by atoms with van der Waals surface area (Å²) in [5.41, 5.74) is 5.56. The molecule has 2 aliphatic carbocycles. The first-order valence-corrected chi connectivity index (χ1v) is 6.14. The minimum atomic E-state index is 0.501. The number of hydrogen-bond acceptors (Lipinski definition) is 4. The van der Waals surface area contributed by atoms with Gasteiger partial charge in [-0.2, -0.15) is 0 Å². The second kappa shape index (κ2) is 3.92. The predicted octanol–water partition coefficient (Wildman–Crippen LogP) is 1.69. The Balaban J connectivity index is 1.71. The minimum Gasteiger partial charge on any atom is -0.382 e. The number of aromatic nitrogens is 2. The molecule has 3 rings (SSSR count). The Morgan fingerprint density at radius 1 is 1.06 bits per heavy atom. The summed E-state index contributed by atoms with van der Waals surface area (Å²) in [5, 5.41) is 0. The lowest BCUT2D eigenvalue weighted by Gasteiger charge is -2.23. The molecule has 0 amide bonds. The fraction of sp³-hybridized carbons (Fsp3) is 0.667. The summed E-state index contributed by atoms with van der Waals surface area (Å²) in [7, 11) is 0. The second-order valence-electron chi connectivity index (χ2n) is 5.09. The van der Waals surface area contributed by atoms with Gasteiger partial charge in [-0.05, 0) is 37.5 Å². The Labute approximate surface area is 95.9 Å². The first kappa shape index (κ1) is 9.87. The van der Waals surface area contributed by atoms with E-state index in [0.29, 0.717) is 5.82 Å². The third kappa shape index (κ3) is 2.43. The minimum absolute atomic E-state index is 0.501. The third-order valence-electron chi connectivity index (χ3n) is 3.33. The molecule has 0 radical (unpaired) electrons. The van der Waals surface area contributed by atoms with Crippen LogP contribution < -0.4 is 10.6 Å². The zero-order valence-corrected chi connectivity index (χ0v) is 9.47. The van der Waals surface area contributed by atoms with E-state index >= 15 is 0 Å². The van der Waals surface area contributed by atoms with E-state index in [-0.39, 0.29) is 0 Å². The molecule has 16 heavy (non-hydrogen) atoms. The summed E-state index contributed by atoms with van der Waals surface area (Å²) in [6, 6.07) is 0. The Morgan fingerprint density at radius 3 is 2.12 bits per heavy atom. The van der Waals surface area contributed by atoms with Gasteiger partial charge in [0.15, 0.2) is 0 Å². The van der Waals surface area contributed by atoms with E-state index in [1.54, 1.807) is 12.4 Å². The lowest BCUT2D eigenvalue weighted by atomic mass is 10.3. The molecule has 2 fully saturated rings. The summed E-state index contributed by atoms with van der Waals surface area (Å²) in [4.78, 5) is 10.9. The van der Waals surface area contributed by atoms with Gasteiger partial charge in [-0.25, -0.2) is 9.97 Å². The van der Waals surface area contributed by atoms with Gasteiger partial charge in [0.05, 0.1) is 12.4 Å². The molecule has 86 valence electrons. The molecule has 0 aromatic carbocycles. The van der Waals surface area contributed by atoms with Crippen LogP contribution in [0.15, 0.2) is 12.4 Å². The normalized spacial score (nSPS) is 19.8. The van der Waals surface area contributed by atoms with Gasteiger partial charge in [0.1, 0.15) is 11.6 Å². The molecule has 0 aliphatic heterocycles. The largest absolute Gasteiger partial charge is 0.382 e. The van der Waals surface area contributed by atoms with Gasteiger partial charge in [0.2, 0.25) is 0 Å². The van der Waals surface area contributed by atoms with Crippen molar-refractivity contribution in [2.45, 2.75) is 25.7 Å². The van der Waals surface area contributed by atoms with Gasteiger partial charge in [-0.15, -0.1) is 0 Å². The Hall–Kier alpha value is -1.32. The zero-order chi connectivity index (χ0) is 11.0. The van der Waals surface area contributed by atoms with Gasteiger partial charge in [-0.3, -0.25) is 0 Å². The Kier molecular flexibility index (Phi) is 2.42. The molecule has 1 aromatic heterocycles. The van der Waals surface area contributed by atoms with Crippen LogP contribution in [0.2, 0.25) is 0 Å². The number of nitrogens with zero attached hydrogens (tertiary/aromatic N) is 3. The van der Waals surface area contributed by atoms with Gasteiger partial charge in [0.25, 0.3) is 0 Å². The van der Waals surface area contributed by atoms with E-state index in [4.69, 9.17) is 5.73 Å². The molecule has 0 atom stereocenters. The number of anilines is 2. The highest BCUT2D eigenvalue weighted by Crippen LogP contribution is 2.35. The summed E-state index contributed by atoms with van der Waals surface area (Å²) in [6.45, 7) is 2.30. The third-order valence-corrected chi connectivity index (χ3v) is 3.33. The molecule has 2 N–H and O–H groups in total. The van der Waals surface area contributed by atoms with Crippen LogP contribution >= 0.6 is 0 Å². The molecule has 2 aliphatic rings. The fourth-order valence-electron chi connectivity index (χ4n) is 1.98. The molecule has 4 nitrogen and oxygen atoms in total. The maximum Gasteiger partial charge on any atom is 0.147 e. The average Bonchev–Trinajstić information content (AvgIpc) is 3.12. The number of nitrogens with two attached hydrogens (primary N) is 1. The quantitative estimate of drug-likeness (QED) is 0.817. The molecule has 0 bridgehead atoms. The molecule has 2 saturated carbocycles. The van der Waals surface area contributed by atoms with Crippen LogP contribution in [-0.4, -0.2) is 23.1 Å². The van der Waals surface area contributed by atoms with Crippen molar-refractivity contribution in [3.05, 3.63) is 12.4 Å². The van der Waals surface area contributed by atoms with Crippen molar-refractivity contribution in [3.63, 3.8) is 0 Å². The van der Waals surface area contributed by atoms with Gasteiger partial charge in [-0.1, -0.05) is 0 Å². The lowest BCUT2D eigenvalue weighted by Crippen LogP contribution is -2.29. The van der Waals surface area contributed by atoms with E-state index in [2.05, 4.69) is 14.9 Å². The molecular formula is C12H18N4. The van der Waals surface area contributed by atoms with Crippen LogP contribution in [0.3, 0.4) is 0 Å². The molecule has 1 heterocycles. The highest BCUT2D eigenvalue weighted by Gasteiger charge is 2.29. The van der Waals surface area contributed by atoms with Crippen molar-refractivity contribution in [1.29, 1.82) is 0 Å². The first-order chi connectivity index (χ1) is 7.81. The topological polar surface area (TPSA) is 55.0 Å². The number of hydrogen-bond donors (Lipinski definition) is 1. The van der Waals surface area contributed by atoms with Crippen LogP contribution in [0, 0.1) is 11.8 Å². The molecule has 0 saturated heterocycles. The van der Waals surface area contributed by atoms with E-state index in [9.17, 15) is 0 Å². The monoisotopic (exact) mass is 218 g/mol. The maximum absolute atomic E-state index is 5.56. The first-order valence-electron chi connectivity index (χ1n) is 6.14. The molecule has 0 spiro atoms. The van der Waals surface area contributed by atoms with Crippen LogP contribution in [-0.2, 0) is 0 Å². The van der Waals surface area contributed by atoms with Gasteiger partial charge in [0, 0.05) is 13.1 Å². The van der Waals surface area contributed by atoms with Gasteiger partial charge >= 0.3 is 0 Å². The number of nitrogen functional groups attached to an aromatic ring is 1. The van der Waals surface area contributed by atoms with Crippen molar-refractivity contribution >= 4 is 11.6 Å². The molecule has 0 unspecified atom stereocenters. The lowest BCUT2D eigenvalue weighted by molar-refractivity contribution is 0.670. The second-order valence-corrected chi connectivity index (χ2v) is 5.09. The standard InChI is InChI=1S/C12H18N4/c13-11-5-15-12(6-14-11)16(7-9-1-2-9)8-10-3-4-10/h5-6,9-10H,1-4,7-8H2,(H2,13,14). The number of rotatable bonds is 5. The average molecular weight is 218 g/mol. The van der Waals surface area contributed by atoms with Crippen LogP contribution in [0.5, 0.6) is 0 Å². The maximum atomic E-state index is 5.56. The zero-order valence-electron chi connectivity index (χ0n) is 9.47. The van der Waals surface area contributed by atoms with E-state index in [1.165, 1.54) is 25.7 Å². The predicted molar refractivity (Wildman–Crippen MR) is 64.1 cm³/mol. The van der Waals surface area contributed by atoms with Crippen molar-refractivity contribution < 1.29 is 0 Å². The molecular weight excluding hydrogens is 200 g/mol. The highest BCUT2D eigenvalue weighted by atomic mass is 15.2. The summed E-state index contributed by atoms with van der Waals surface area (Å²) in [5.74, 6) is 3.27. The van der Waals surface area contributed by atoms with Crippen LogP contribution in [0.1, 0.15) is 25.7 Å². The van der Waals surface area contributed by atoms with E-state index in [0.717, 1.165) is 30.7 Å². The summed E-state index contributed by atoms with van der Waals surface area (Å²) < 4.78 is 0. The van der Waals surface area contributed by atoms with Crippen molar-refractivity contribution in [2.24, 2.45) is 11.8 Å². The SMILES string of the molecule is Nc1cnc(N(CC2CC2)CC2CC2)cn1. The Bertz CT molecular complexity index is 340. The highest BCUT2D eigenvalue weighted by molar-refractivity contribution is 5.39. The van der Waals surface area contributed by atoms with Gasteiger partial charge < -0.3 is 10.6 Å². The smallest absolute Gasteiger partial charge is 0.147 e. The van der Waals surface area contributed by atoms with Crippen molar-refractivity contribution in [1.82, 2.24) is 9.97 Å². The van der Waals surface area contributed by atoms with Crippen LogP contribution in [0.25, 0.3) is 0 Å². The molecule has 1 aromatic rings. The van der Waals surface area contributed by atoms with E-state index < -0.39 is 0 Å². The Morgan fingerprint density at radius 2 is 1.69 bits per heavy atom. The van der Waals surface area contributed by atoms with Crippen molar-refractivity contribution in [3.8, 4) is 0 Å². The van der Waals surface area contributed by atoms with Crippen molar-refractivity contribution in [2.75, 3.05) is 23.7 Å². The van der Waals surface area contributed by atoms with Crippen LogP contribution in [0.4, 0.5) is 11.6 Å². The summed E-state index contributed by atoms with van der Waals surface area (Å²) in [6.07, 6.45) is 8.97. The molecule has 4 heteroatoms. The summed E-state index contributed by atoms with van der Waals surface area (Å²) >= 11 is 0. The van der Waals surface area contributed by atoms with E-state index in [1.807, 2.05) is 0 Å². The fourth-order valence-corrected chi connectivity index (χ4v) is 1.98.